The summed E-state index contributed by atoms with van der Waals surface area (Å²) in [6, 6.07) is 5.84. The molecule has 124 valence electrons. The van der Waals surface area contributed by atoms with E-state index in [0.717, 1.165) is 35.3 Å². The molecule has 0 aliphatic heterocycles. The Morgan fingerprint density at radius 1 is 1.25 bits per heavy atom. The maximum atomic E-state index is 9.71. The predicted octanol–water partition coefficient (Wildman–Crippen LogP) is 2.29. The summed E-state index contributed by atoms with van der Waals surface area (Å²) >= 11 is 0. The summed E-state index contributed by atoms with van der Waals surface area (Å²) in [5.41, 5.74) is 1.85. The van der Waals surface area contributed by atoms with E-state index in [2.05, 4.69) is 25.3 Å². The van der Waals surface area contributed by atoms with Crippen LogP contribution in [0.3, 0.4) is 0 Å². The highest BCUT2D eigenvalue weighted by Gasteiger charge is 2.35. The van der Waals surface area contributed by atoms with Crippen molar-refractivity contribution in [1.82, 2.24) is 19.9 Å². The zero-order valence-electron chi connectivity index (χ0n) is 13.3. The Hall–Kier alpha value is -2.67. The normalized spacial score (nSPS) is 21.2. The predicted molar refractivity (Wildman–Crippen MR) is 89.8 cm³/mol. The average Bonchev–Trinajstić information content (AvgIpc) is 3.07. The van der Waals surface area contributed by atoms with E-state index in [1.165, 1.54) is 0 Å². The standard InChI is InChI=1S/C17H19N5O2/c1-24-14-3-2-10(8-19-14)15(11-6-12(23)7-11)22-17-13-4-5-18-16(13)20-9-21-17/h2-5,8-9,11-12,15,23H,6-7H2,1H3,(H2,18,20,21,22)/t11?,12?,15-/m0/s1. The van der Waals surface area contributed by atoms with E-state index in [1.54, 1.807) is 13.4 Å². The summed E-state index contributed by atoms with van der Waals surface area (Å²) in [5, 5.41) is 14.2. The fourth-order valence-electron chi connectivity index (χ4n) is 3.21. The molecule has 0 radical (unpaired) electrons. The van der Waals surface area contributed by atoms with Crippen LogP contribution >= 0.6 is 0 Å². The first-order valence-corrected chi connectivity index (χ1v) is 7.97. The van der Waals surface area contributed by atoms with Crippen molar-refractivity contribution in [2.75, 3.05) is 12.4 Å². The minimum atomic E-state index is -0.219. The van der Waals surface area contributed by atoms with Gasteiger partial charge in [0, 0.05) is 18.5 Å². The van der Waals surface area contributed by atoms with Gasteiger partial charge in [0.2, 0.25) is 5.88 Å². The lowest BCUT2D eigenvalue weighted by Gasteiger charge is -2.38. The molecule has 1 saturated carbocycles. The molecule has 3 heterocycles. The van der Waals surface area contributed by atoms with Crippen LogP contribution < -0.4 is 10.1 Å². The molecule has 0 spiro atoms. The van der Waals surface area contributed by atoms with Gasteiger partial charge in [-0.2, -0.15) is 0 Å². The second-order valence-corrected chi connectivity index (χ2v) is 6.10. The fraction of sp³-hybridized carbons (Fsp3) is 0.353. The number of methoxy groups -OCH3 is 1. The summed E-state index contributed by atoms with van der Waals surface area (Å²) in [4.78, 5) is 16.0. The Balaban J connectivity index is 1.66. The maximum Gasteiger partial charge on any atom is 0.212 e. The first-order valence-electron chi connectivity index (χ1n) is 7.97. The van der Waals surface area contributed by atoms with Crippen LogP contribution in [0, 0.1) is 5.92 Å². The molecule has 0 saturated heterocycles. The molecule has 1 atom stereocenters. The molecule has 1 aliphatic carbocycles. The van der Waals surface area contributed by atoms with Crippen LogP contribution in [0.5, 0.6) is 5.88 Å². The number of hydrogen-bond acceptors (Lipinski definition) is 6. The number of hydrogen-bond donors (Lipinski definition) is 3. The molecule has 7 heteroatoms. The number of aromatic nitrogens is 4. The maximum absolute atomic E-state index is 9.71. The van der Waals surface area contributed by atoms with Gasteiger partial charge in [-0.05, 0) is 30.4 Å². The van der Waals surface area contributed by atoms with Gasteiger partial charge in [-0.15, -0.1) is 0 Å². The number of aromatic amines is 1. The zero-order valence-corrected chi connectivity index (χ0v) is 13.3. The molecule has 3 aromatic heterocycles. The molecular weight excluding hydrogens is 306 g/mol. The number of pyridine rings is 1. The van der Waals surface area contributed by atoms with E-state index >= 15 is 0 Å². The van der Waals surface area contributed by atoms with Gasteiger partial charge in [-0.3, -0.25) is 0 Å². The molecule has 0 amide bonds. The highest BCUT2D eigenvalue weighted by atomic mass is 16.5. The SMILES string of the molecule is COc1ccc([C@H](Nc2ncnc3[nH]ccc23)C2CC(O)C2)cn1. The Bertz CT molecular complexity index is 826. The molecule has 1 aliphatic rings. The van der Waals surface area contributed by atoms with Crippen molar-refractivity contribution in [3.05, 3.63) is 42.5 Å². The van der Waals surface area contributed by atoms with Gasteiger partial charge in [0.25, 0.3) is 0 Å². The summed E-state index contributed by atoms with van der Waals surface area (Å²) in [6.07, 6.45) is 6.53. The Morgan fingerprint density at radius 2 is 2.12 bits per heavy atom. The van der Waals surface area contributed by atoms with E-state index in [4.69, 9.17) is 4.74 Å². The lowest BCUT2D eigenvalue weighted by Crippen LogP contribution is -2.36. The number of anilines is 1. The largest absolute Gasteiger partial charge is 0.481 e. The monoisotopic (exact) mass is 325 g/mol. The fourth-order valence-corrected chi connectivity index (χ4v) is 3.21. The van der Waals surface area contributed by atoms with Crippen molar-refractivity contribution < 1.29 is 9.84 Å². The quantitative estimate of drug-likeness (QED) is 0.666. The Morgan fingerprint density at radius 3 is 2.83 bits per heavy atom. The van der Waals surface area contributed by atoms with Crippen LogP contribution in [0.25, 0.3) is 11.0 Å². The summed E-state index contributed by atoms with van der Waals surface area (Å²) in [5.74, 6) is 1.70. The minimum Gasteiger partial charge on any atom is -0.481 e. The minimum absolute atomic E-state index is 0.0276. The van der Waals surface area contributed by atoms with Gasteiger partial charge < -0.3 is 20.1 Å². The number of aliphatic hydroxyl groups excluding tert-OH is 1. The first-order chi connectivity index (χ1) is 11.7. The van der Waals surface area contributed by atoms with Crippen molar-refractivity contribution in [3.63, 3.8) is 0 Å². The highest BCUT2D eigenvalue weighted by Crippen LogP contribution is 2.40. The molecule has 1 fully saturated rings. The Kier molecular flexibility index (Phi) is 3.78. The van der Waals surface area contributed by atoms with Crippen molar-refractivity contribution in [2.24, 2.45) is 5.92 Å². The number of rotatable bonds is 5. The van der Waals surface area contributed by atoms with Gasteiger partial charge >= 0.3 is 0 Å². The molecule has 4 rings (SSSR count). The van der Waals surface area contributed by atoms with Crippen LogP contribution in [0.2, 0.25) is 0 Å². The lowest BCUT2D eigenvalue weighted by molar-refractivity contribution is 0.0339. The third-order valence-electron chi connectivity index (χ3n) is 4.59. The van der Waals surface area contributed by atoms with E-state index in [1.807, 2.05) is 30.6 Å². The summed E-state index contributed by atoms with van der Waals surface area (Å²) in [6.45, 7) is 0. The van der Waals surface area contributed by atoms with E-state index in [-0.39, 0.29) is 12.1 Å². The second kappa shape index (κ2) is 6.09. The number of nitrogens with zero attached hydrogens (tertiary/aromatic N) is 3. The molecule has 0 bridgehead atoms. The molecule has 3 aromatic rings. The van der Waals surface area contributed by atoms with E-state index in [9.17, 15) is 5.11 Å². The number of ether oxygens (including phenoxy) is 1. The topological polar surface area (TPSA) is 96.0 Å². The molecule has 0 aromatic carbocycles. The summed E-state index contributed by atoms with van der Waals surface area (Å²) < 4.78 is 5.14. The van der Waals surface area contributed by atoms with Gasteiger partial charge in [0.05, 0.1) is 24.6 Å². The molecular formula is C17H19N5O2. The molecule has 0 unspecified atom stereocenters. The van der Waals surface area contributed by atoms with E-state index < -0.39 is 0 Å². The van der Waals surface area contributed by atoms with Crippen molar-refractivity contribution in [3.8, 4) is 5.88 Å². The number of fused-ring (bicyclic) bond motifs is 1. The van der Waals surface area contributed by atoms with Crippen LogP contribution in [0.1, 0.15) is 24.4 Å². The van der Waals surface area contributed by atoms with Gasteiger partial charge in [0.15, 0.2) is 0 Å². The van der Waals surface area contributed by atoms with Crippen LogP contribution in [-0.2, 0) is 0 Å². The molecule has 3 N–H and O–H groups in total. The zero-order chi connectivity index (χ0) is 16.5. The number of aliphatic hydroxyl groups is 1. The van der Waals surface area contributed by atoms with Crippen LogP contribution in [0.4, 0.5) is 5.82 Å². The van der Waals surface area contributed by atoms with Crippen LogP contribution in [0.15, 0.2) is 36.9 Å². The smallest absolute Gasteiger partial charge is 0.212 e. The van der Waals surface area contributed by atoms with Crippen LogP contribution in [-0.4, -0.2) is 38.3 Å². The number of H-pyrrole nitrogens is 1. The third kappa shape index (κ3) is 2.67. The Labute approximate surface area is 139 Å². The van der Waals surface area contributed by atoms with E-state index in [0.29, 0.717) is 11.8 Å². The second-order valence-electron chi connectivity index (χ2n) is 6.10. The first kappa shape index (κ1) is 14.9. The third-order valence-corrected chi connectivity index (χ3v) is 4.59. The van der Waals surface area contributed by atoms with Crippen molar-refractivity contribution in [2.45, 2.75) is 25.0 Å². The van der Waals surface area contributed by atoms with Gasteiger partial charge in [0.1, 0.15) is 17.8 Å². The average molecular weight is 325 g/mol. The lowest BCUT2D eigenvalue weighted by atomic mass is 9.75. The van der Waals surface area contributed by atoms with Gasteiger partial charge in [-0.25, -0.2) is 15.0 Å². The summed E-state index contributed by atoms with van der Waals surface area (Å²) in [7, 11) is 1.60. The molecule has 24 heavy (non-hydrogen) atoms. The number of nitrogens with one attached hydrogen (secondary N) is 2. The molecule has 7 nitrogen and oxygen atoms in total. The highest BCUT2D eigenvalue weighted by molar-refractivity contribution is 5.86. The van der Waals surface area contributed by atoms with Gasteiger partial charge in [-0.1, -0.05) is 6.07 Å². The van der Waals surface area contributed by atoms with Crippen molar-refractivity contribution >= 4 is 16.9 Å². The van der Waals surface area contributed by atoms with Crippen molar-refractivity contribution in [1.29, 1.82) is 0 Å².